The van der Waals surface area contributed by atoms with Crippen LogP contribution in [-0.4, -0.2) is 22.9 Å². The van der Waals surface area contributed by atoms with E-state index in [1.807, 2.05) is 6.07 Å². The molecule has 0 amide bonds. The normalized spacial score (nSPS) is 22.4. The molecule has 0 N–H and O–H groups in total. The number of hydrogen-bond acceptors (Lipinski definition) is 3. The van der Waals surface area contributed by atoms with Gasteiger partial charge in [-0.2, -0.15) is 5.10 Å². The van der Waals surface area contributed by atoms with Crippen molar-refractivity contribution in [2.45, 2.75) is 39.2 Å². The Kier molecular flexibility index (Phi) is 3.95. The van der Waals surface area contributed by atoms with Crippen molar-refractivity contribution in [2.24, 2.45) is 11.8 Å². The summed E-state index contributed by atoms with van der Waals surface area (Å²) in [6, 6.07) is 8.28. The largest absolute Gasteiger partial charge is 0.469 e. The van der Waals surface area contributed by atoms with E-state index in [2.05, 4.69) is 29.8 Å². The minimum atomic E-state index is -0.0468. The van der Waals surface area contributed by atoms with Crippen LogP contribution in [0.2, 0.25) is 0 Å². The Morgan fingerprint density at radius 1 is 1.29 bits per heavy atom. The molecular formula is C17H22N2O2. The van der Waals surface area contributed by atoms with Crippen molar-refractivity contribution in [3.05, 3.63) is 30.0 Å². The van der Waals surface area contributed by atoms with E-state index >= 15 is 0 Å². The van der Waals surface area contributed by atoms with Gasteiger partial charge in [0, 0.05) is 17.6 Å². The maximum atomic E-state index is 11.6. The molecule has 1 aliphatic carbocycles. The third-order valence-electron chi connectivity index (χ3n) is 4.72. The molecule has 0 spiro atoms. The van der Waals surface area contributed by atoms with Gasteiger partial charge >= 0.3 is 5.97 Å². The Balaban J connectivity index is 1.67. The lowest BCUT2D eigenvalue weighted by Crippen LogP contribution is -2.25. The highest BCUT2D eigenvalue weighted by Gasteiger charge is 2.27. The Morgan fingerprint density at radius 3 is 2.67 bits per heavy atom. The predicted octanol–water partition coefficient (Wildman–Crippen LogP) is 3.32. The SMILES string of the molecule is COC(=O)[C@H]1CC[C@H](Cn2nc3ccccc3c2C)CC1. The van der Waals surface area contributed by atoms with Crippen molar-refractivity contribution in [3.8, 4) is 0 Å². The lowest BCUT2D eigenvalue weighted by atomic mass is 9.82. The van der Waals surface area contributed by atoms with Crippen LogP contribution in [0.4, 0.5) is 0 Å². The van der Waals surface area contributed by atoms with Gasteiger partial charge in [0.1, 0.15) is 0 Å². The van der Waals surface area contributed by atoms with E-state index in [1.165, 1.54) is 18.2 Å². The number of esters is 1. The molecule has 1 saturated carbocycles. The Morgan fingerprint density at radius 2 is 2.00 bits per heavy atom. The summed E-state index contributed by atoms with van der Waals surface area (Å²) < 4.78 is 6.98. The van der Waals surface area contributed by atoms with Crippen LogP contribution in [0.1, 0.15) is 31.4 Å². The van der Waals surface area contributed by atoms with E-state index < -0.39 is 0 Å². The van der Waals surface area contributed by atoms with Crippen molar-refractivity contribution in [3.63, 3.8) is 0 Å². The molecule has 21 heavy (non-hydrogen) atoms. The second-order valence-electron chi connectivity index (χ2n) is 6.03. The maximum absolute atomic E-state index is 11.6. The molecule has 0 unspecified atom stereocenters. The minimum absolute atomic E-state index is 0.0468. The molecule has 0 saturated heterocycles. The zero-order valence-electron chi connectivity index (χ0n) is 12.7. The fourth-order valence-corrected chi connectivity index (χ4v) is 3.38. The average molecular weight is 286 g/mol. The number of rotatable bonds is 3. The number of methoxy groups -OCH3 is 1. The van der Waals surface area contributed by atoms with Gasteiger partial charge in [-0.15, -0.1) is 0 Å². The van der Waals surface area contributed by atoms with Crippen LogP contribution in [0.3, 0.4) is 0 Å². The first kappa shape index (κ1) is 14.1. The second kappa shape index (κ2) is 5.88. The quantitative estimate of drug-likeness (QED) is 0.813. The summed E-state index contributed by atoms with van der Waals surface area (Å²) in [5, 5.41) is 5.94. The molecule has 4 nitrogen and oxygen atoms in total. The molecule has 1 heterocycles. The zero-order valence-corrected chi connectivity index (χ0v) is 12.7. The summed E-state index contributed by atoms with van der Waals surface area (Å²) in [6.07, 6.45) is 4.04. The molecule has 3 rings (SSSR count). The molecule has 0 atom stereocenters. The number of nitrogens with zero attached hydrogens (tertiary/aromatic N) is 2. The number of ether oxygens (including phenoxy) is 1. The smallest absolute Gasteiger partial charge is 0.308 e. The number of aryl methyl sites for hydroxylation is 1. The number of carbonyl (C=O) groups excluding carboxylic acids is 1. The molecule has 1 aliphatic rings. The van der Waals surface area contributed by atoms with Crippen molar-refractivity contribution in [1.82, 2.24) is 9.78 Å². The first-order valence-corrected chi connectivity index (χ1v) is 7.69. The molecule has 0 bridgehead atoms. The predicted molar refractivity (Wildman–Crippen MR) is 81.9 cm³/mol. The van der Waals surface area contributed by atoms with Crippen LogP contribution >= 0.6 is 0 Å². The van der Waals surface area contributed by atoms with Gasteiger partial charge in [-0.25, -0.2) is 0 Å². The highest BCUT2D eigenvalue weighted by Crippen LogP contribution is 2.31. The van der Waals surface area contributed by atoms with E-state index in [0.717, 1.165) is 37.7 Å². The number of fused-ring (bicyclic) bond motifs is 1. The van der Waals surface area contributed by atoms with Gasteiger partial charge in [-0.1, -0.05) is 18.2 Å². The first-order chi connectivity index (χ1) is 10.2. The summed E-state index contributed by atoms with van der Waals surface area (Å²) >= 11 is 0. The topological polar surface area (TPSA) is 44.1 Å². The van der Waals surface area contributed by atoms with Crippen LogP contribution in [0.25, 0.3) is 10.9 Å². The van der Waals surface area contributed by atoms with Gasteiger partial charge in [0.05, 0.1) is 18.5 Å². The van der Waals surface area contributed by atoms with Gasteiger partial charge in [-0.3, -0.25) is 9.48 Å². The zero-order chi connectivity index (χ0) is 14.8. The van der Waals surface area contributed by atoms with E-state index in [9.17, 15) is 4.79 Å². The van der Waals surface area contributed by atoms with E-state index in [4.69, 9.17) is 9.84 Å². The Hall–Kier alpha value is -1.84. The van der Waals surface area contributed by atoms with Gasteiger partial charge in [0.15, 0.2) is 0 Å². The minimum Gasteiger partial charge on any atom is -0.469 e. The standard InChI is InChI=1S/C17H22N2O2/c1-12-15-5-3-4-6-16(15)18-19(12)11-13-7-9-14(10-8-13)17(20)21-2/h3-6,13-14H,7-11H2,1-2H3/t13-,14-. The molecule has 4 heteroatoms. The molecule has 0 radical (unpaired) electrons. The molecular weight excluding hydrogens is 264 g/mol. The van der Waals surface area contributed by atoms with Crippen LogP contribution in [-0.2, 0) is 16.1 Å². The molecule has 1 aromatic carbocycles. The molecule has 1 fully saturated rings. The molecule has 1 aromatic heterocycles. The summed E-state index contributed by atoms with van der Waals surface area (Å²) in [6.45, 7) is 3.09. The summed E-state index contributed by atoms with van der Waals surface area (Å²) in [5.41, 5.74) is 2.30. The number of carbonyl (C=O) groups is 1. The van der Waals surface area contributed by atoms with E-state index in [0.29, 0.717) is 5.92 Å². The number of benzene rings is 1. The van der Waals surface area contributed by atoms with Crippen molar-refractivity contribution in [1.29, 1.82) is 0 Å². The summed E-state index contributed by atoms with van der Waals surface area (Å²) in [4.78, 5) is 11.6. The lowest BCUT2D eigenvalue weighted by molar-refractivity contribution is -0.146. The summed E-state index contributed by atoms with van der Waals surface area (Å²) in [5.74, 6) is 0.664. The monoisotopic (exact) mass is 286 g/mol. The van der Waals surface area contributed by atoms with Gasteiger partial charge in [0.25, 0.3) is 0 Å². The fraction of sp³-hybridized carbons (Fsp3) is 0.529. The maximum Gasteiger partial charge on any atom is 0.308 e. The fourth-order valence-electron chi connectivity index (χ4n) is 3.38. The van der Waals surface area contributed by atoms with Crippen LogP contribution < -0.4 is 0 Å². The number of aromatic nitrogens is 2. The molecule has 112 valence electrons. The average Bonchev–Trinajstić information content (AvgIpc) is 2.84. The van der Waals surface area contributed by atoms with Crippen molar-refractivity contribution >= 4 is 16.9 Å². The lowest BCUT2D eigenvalue weighted by Gasteiger charge is -2.27. The summed E-state index contributed by atoms with van der Waals surface area (Å²) in [7, 11) is 1.48. The first-order valence-electron chi connectivity index (χ1n) is 7.69. The third-order valence-corrected chi connectivity index (χ3v) is 4.72. The number of hydrogen-bond donors (Lipinski definition) is 0. The third kappa shape index (κ3) is 2.80. The van der Waals surface area contributed by atoms with Crippen LogP contribution in [0.5, 0.6) is 0 Å². The van der Waals surface area contributed by atoms with Gasteiger partial charge < -0.3 is 4.74 Å². The van der Waals surface area contributed by atoms with Crippen molar-refractivity contribution in [2.75, 3.05) is 7.11 Å². The highest BCUT2D eigenvalue weighted by molar-refractivity contribution is 5.81. The van der Waals surface area contributed by atoms with Gasteiger partial charge in [0.2, 0.25) is 0 Å². The molecule has 0 aliphatic heterocycles. The molecule has 2 aromatic rings. The Bertz CT molecular complexity index is 639. The van der Waals surface area contributed by atoms with E-state index in [1.54, 1.807) is 0 Å². The highest BCUT2D eigenvalue weighted by atomic mass is 16.5. The second-order valence-corrected chi connectivity index (χ2v) is 6.03. The van der Waals surface area contributed by atoms with E-state index in [-0.39, 0.29) is 11.9 Å². The Labute approximate surface area is 125 Å². The van der Waals surface area contributed by atoms with Gasteiger partial charge in [-0.05, 0) is 44.6 Å². The van der Waals surface area contributed by atoms with Crippen LogP contribution in [0.15, 0.2) is 24.3 Å². The van der Waals surface area contributed by atoms with Crippen molar-refractivity contribution < 1.29 is 9.53 Å². The van der Waals surface area contributed by atoms with Crippen LogP contribution in [0, 0.1) is 18.8 Å².